The molecule has 4 heteroatoms. The molecule has 1 unspecified atom stereocenters. The van der Waals surface area contributed by atoms with Gasteiger partial charge < -0.3 is 4.74 Å². The molecule has 0 amide bonds. The lowest BCUT2D eigenvalue weighted by Gasteiger charge is -2.31. The van der Waals surface area contributed by atoms with E-state index in [0.29, 0.717) is 6.61 Å². The summed E-state index contributed by atoms with van der Waals surface area (Å²) in [6, 6.07) is 4.11. The molecule has 1 atom stereocenters. The third-order valence-electron chi connectivity index (χ3n) is 3.13. The lowest BCUT2D eigenvalue weighted by molar-refractivity contribution is -0.152. The monoisotopic (exact) mass is 269 g/mol. The molecule has 1 aromatic heterocycles. The van der Waals surface area contributed by atoms with Crippen molar-refractivity contribution in [3.8, 4) is 0 Å². The zero-order valence-electron chi connectivity index (χ0n) is 11.5. The van der Waals surface area contributed by atoms with E-state index in [1.165, 1.54) is 4.88 Å². The minimum Gasteiger partial charge on any atom is -0.465 e. The van der Waals surface area contributed by atoms with Crippen molar-refractivity contribution in [1.29, 1.82) is 0 Å². The fourth-order valence-electron chi connectivity index (χ4n) is 2.07. The van der Waals surface area contributed by atoms with Gasteiger partial charge >= 0.3 is 5.97 Å². The summed E-state index contributed by atoms with van der Waals surface area (Å²) >= 11 is 1.70. The Morgan fingerprint density at radius 3 is 2.72 bits per heavy atom. The molecule has 18 heavy (non-hydrogen) atoms. The van der Waals surface area contributed by atoms with Crippen LogP contribution in [0.3, 0.4) is 0 Å². The average Bonchev–Trinajstić information content (AvgIpc) is 2.88. The Labute approximate surface area is 114 Å². The van der Waals surface area contributed by atoms with E-state index in [1.807, 2.05) is 19.9 Å². The topological polar surface area (TPSA) is 38.3 Å². The number of nitrogens with one attached hydrogen (secondary N) is 1. The summed E-state index contributed by atoms with van der Waals surface area (Å²) in [6.45, 7) is 7.14. The average molecular weight is 269 g/mol. The van der Waals surface area contributed by atoms with Crippen molar-refractivity contribution >= 4 is 17.3 Å². The van der Waals surface area contributed by atoms with E-state index in [0.717, 1.165) is 25.8 Å². The second kappa shape index (κ2) is 7.54. The van der Waals surface area contributed by atoms with Crippen LogP contribution in [0.1, 0.15) is 44.9 Å². The second-order valence-electron chi connectivity index (χ2n) is 4.34. The molecule has 102 valence electrons. The maximum Gasteiger partial charge on any atom is 0.326 e. The largest absolute Gasteiger partial charge is 0.465 e. The Hall–Kier alpha value is -0.870. The number of esters is 1. The molecular formula is C14H23NO2S. The minimum absolute atomic E-state index is 0.120. The second-order valence-corrected chi connectivity index (χ2v) is 5.37. The highest BCUT2D eigenvalue weighted by Gasteiger charge is 2.36. The first kappa shape index (κ1) is 15.2. The summed E-state index contributed by atoms with van der Waals surface area (Å²) in [5.74, 6) is -0.120. The molecule has 0 radical (unpaired) electrons. The third-order valence-corrected chi connectivity index (χ3v) is 4.00. The molecule has 0 aromatic carbocycles. The van der Waals surface area contributed by atoms with Gasteiger partial charge in [0, 0.05) is 11.4 Å². The molecule has 1 heterocycles. The van der Waals surface area contributed by atoms with Gasteiger partial charge in [-0.2, -0.15) is 0 Å². The van der Waals surface area contributed by atoms with Gasteiger partial charge in [-0.1, -0.05) is 26.3 Å². The van der Waals surface area contributed by atoms with E-state index >= 15 is 0 Å². The highest BCUT2D eigenvalue weighted by atomic mass is 32.1. The Balaban J connectivity index is 2.72. The normalized spacial score (nSPS) is 14.2. The molecule has 1 rings (SSSR count). The van der Waals surface area contributed by atoms with E-state index in [9.17, 15) is 4.79 Å². The molecular weight excluding hydrogens is 246 g/mol. The number of hydrogen-bond donors (Lipinski definition) is 1. The van der Waals surface area contributed by atoms with Gasteiger partial charge in [0.15, 0.2) is 0 Å². The molecule has 0 aliphatic rings. The fraction of sp³-hybridized carbons (Fsp3) is 0.643. The van der Waals surface area contributed by atoms with E-state index in [2.05, 4.69) is 23.7 Å². The van der Waals surface area contributed by atoms with Gasteiger partial charge in [-0.25, -0.2) is 0 Å². The van der Waals surface area contributed by atoms with Crippen molar-refractivity contribution in [3.63, 3.8) is 0 Å². The Morgan fingerprint density at radius 2 is 2.22 bits per heavy atom. The first-order valence-electron chi connectivity index (χ1n) is 6.63. The van der Waals surface area contributed by atoms with E-state index < -0.39 is 5.54 Å². The quantitative estimate of drug-likeness (QED) is 0.736. The van der Waals surface area contributed by atoms with Gasteiger partial charge in [0.2, 0.25) is 0 Å². The number of hydrogen-bond acceptors (Lipinski definition) is 4. The van der Waals surface area contributed by atoms with Crippen LogP contribution in [0, 0.1) is 0 Å². The molecule has 0 aliphatic carbocycles. The van der Waals surface area contributed by atoms with Gasteiger partial charge in [-0.05, 0) is 31.2 Å². The first-order chi connectivity index (χ1) is 8.68. The van der Waals surface area contributed by atoms with Gasteiger partial charge in [-0.15, -0.1) is 11.3 Å². The lowest BCUT2D eigenvalue weighted by Crippen LogP contribution is -2.52. The van der Waals surface area contributed by atoms with Crippen LogP contribution in [0.15, 0.2) is 17.5 Å². The van der Waals surface area contributed by atoms with Crippen LogP contribution in [-0.4, -0.2) is 18.1 Å². The molecule has 0 fully saturated rings. The highest BCUT2D eigenvalue weighted by Crippen LogP contribution is 2.21. The summed E-state index contributed by atoms with van der Waals surface area (Å²) in [7, 11) is 0. The van der Waals surface area contributed by atoms with Crippen LogP contribution in [0.5, 0.6) is 0 Å². The molecule has 1 N–H and O–H groups in total. The number of rotatable bonds is 8. The van der Waals surface area contributed by atoms with E-state index in [-0.39, 0.29) is 5.97 Å². The van der Waals surface area contributed by atoms with Crippen LogP contribution in [-0.2, 0) is 16.1 Å². The molecule has 0 aliphatic heterocycles. The molecule has 1 aromatic rings. The molecule has 3 nitrogen and oxygen atoms in total. The summed E-state index contributed by atoms with van der Waals surface area (Å²) < 4.78 is 5.22. The Morgan fingerprint density at radius 1 is 1.44 bits per heavy atom. The van der Waals surface area contributed by atoms with Gasteiger partial charge in [0.1, 0.15) is 5.54 Å². The third kappa shape index (κ3) is 3.82. The molecule has 0 bridgehead atoms. The van der Waals surface area contributed by atoms with Gasteiger partial charge in [0.25, 0.3) is 0 Å². The van der Waals surface area contributed by atoms with Crippen molar-refractivity contribution in [1.82, 2.24) is 5.32 Å². The molecule has 0 spiro atoms. The van der Waals surface area contributed by atoms with Crippen molar-refractivity contribution < 1.29 is 9.53 Å². The Kier molecular flexibility index (Phi) is 6.36. The van der Waals surface area contributed by atoms with E-state index in [4.69, 9.17) is 4.74 Å². The van der Waals surface area contributed by atoms with Gasteiger partial charge in [0.05, 0.1) is 6.61 Å². The standard InChI is InChI=1S/C14H23NO2S/c1-4-9-14(5-2,13(16)17-6-3)15-11-12-8-7-10-18-12/h7-8,10,15H,4-6,9,11H2,1-3H3. The van der Waals surface area contributed by atoms with Crippen molar-refractivity contribution in [2.24, 2.45) is 0 Å². The summed E-state index contributed by atoms with van der Waals surface area (Å²) in [6.07, 6.45) is 2.53. The molecule has 0 saturated carbocycles. The Bertz CT molecular complexity index is 351. The number of carbonyl (C=O) groups excluding carboxylic acids is 1. The maximum absolute atomic E-state index is 12.2. The van der Waals surface area contributed by atoms with Crippen LogP contribution in [0.2, 0.25) is 0 Å². The van der Waals surface area contributed by atoms with Crippen molar-refractivity contribution in [3.05, 3.63) is 22.4 Å². The number of ether oxygens (including phenoxy) is 1. The van der Waals surface area contributed by atoms with Crippen molar-refractivity contribution in [2.45, 2.75) is 52.1 Å². The minimum atomic E-state index is -0.533. The summed E-state index contributed by atoms with van der Waals surface area (Å²) in [4.78, 5) is 13.4. The van der Waals surface area contributed by atoms with E-state index in [1.54, 1.807) is 11.3 Å². The smallest absolute Gasteiger partial charge is 0.326 e. The molecule has 0 saturated heterocycles. The van der Waals surface area contributed by atoms with Crippen LogP contribution >= 0.6 is 11.3 Å². The lowest BCUT2D eigenvalue weighted by atomic mass is 9.90. The fourth-order valence-corrected chi connectivity index (χ4v) is 2.72. The zero-order valence-corrected chi connectivity index (χ0v) is 12.3. The zero-order chi connectivity index (χ0) is 13.4. The summed E-state index contributed by atoms with van der Waals surface area (Å²) in [5, 5.41) is 5.46. The van der Waals surface area contributed by atoms with Crippen LogP contribution < -0.4 is 5.32 Å². The van der Waals surface area contributed by atoms with Crippen molar-refractivity contribution in [2.75, 3.05) is 6.61 Å². The van der Waals surface area contributed by atoms with Crippen LogP contribution in [0.25, 0.3) is 0 Å². The predicted molar refractivity (Wildman–Crippen MR) is 75.7 cm³/mol. The highest BCUT2D eigenvalue weighted by molar-refractivity contribution is 7.09. The SMILES string of the molecule is CCCC(CC)(NCc1cccs1)C(=O)OCC. The van der Waals surface area contributed by atoms with Gasteiger partial charge in [-0.3, -0.25) is 10.1 Å². The predicted octanol–water partition coefficient (Wildman–Crippen LogP) is 3.35. The first-order valence-corrected chi connectivity index (χ1v) is 7.51. The number of thiophene rings is 1. The summed E-state index contributed by atoms with van der Waals surface area (Å²) in [5.41, 5.74) is -0.533. The maximum atomic E-state index is 12.2. The number of carbonyl (C=O) groups is 1. The van der Waals surface area contributed by atoms with Crippen LogP contribution in [0.4, 0.5) is 0 Å².